The van der Waals surface area contributed by atoms with Crippen molar-refractivity contribution in [3.05, 3.63) is 29.8 Å². The van der Waals surface area contributed by atoms with Crippen LogP contribution in [0.5, 0.6) is 0 Å². The van der Waals surface area contributed by atoms with Crippen LogP contribution >= 0.6 is 0 Å². The van der Waals surface area contributed by atoms with Crippen LogP contribution in [0.2, 0.25) is 0 Å². The Morgan fingerprint density at radius 1 is 1.24 bits per heavy atom. The van der Waals surface area contributed by atoms with Gasteiger partial charge in [0.1, 0.15) is 5.84 Å². The number of aliphatic hydroxyl groups is 2. The van der Waals surface area contributed by atoms with Crippen LogP contribution in [0.15, 0.2) is 29.2 Å². The first-order chi connectivity index (χ1) is 9.79. The van der Waals surface area contributed by atoms with Gasteiger partial charge in [0.2, 0.25) is 0 Å². The van der Waals surface area contributed by atoms with Gasteiger partial charge in [-0.25, -0.2) is 8.42 Å². The number of rotatable bonds is 5. The Balaban J connectivity index is 2.00. The molecule has 0 bridgehead atoms. The van der Waals surface area contributed by atoms with Gasteiger partial charge in [-0.2, -0.15) is 0 Å². The van der Waals surface area contributed by atoms with Crippen molar-refractivity contribution in [3.63, 3.8) is 0 Å². The van der Waals surface area contributed by atoms with Crippen molar-refractivity contribution in [1.82, 2.24) is 4.90 Å². The summed E-state index contributed by atoms with van der Waals surface area (Å²) in [4.78, 5) is 1.89. The van der Waals surface area contributed by atoms with E-state index < -0.39 is 22.0 Å². The summed E-state index contributed by atoms with van der Waals surface area (Å²) in [6, 6.07) is 5.86. The molecule has 1 aromatic carbocycles. The summed E-state index contributed by atoms with van der Waals surface area (Å²) in [7, 11) is -3.44. The van der Waals surface area contributed by atoms with Gasteiger partial charge < -0.3 is 15.9 Å². The van der Waals surface area contributed by atoms with Gasteiger partial charge in [0.05, 0.1) is 22.9 Å². The second-order valence-corrected chi connectivity index (χ2v) is 7.26. The molecule has 1 aliphatic heterocycles. The summed E-state index contributed by atoms with van der Waals surface area (Å²) >= 11 is 0. The van der Waals surface area contributed by atoms with Crippen LogP contribution in [-0.4, -0.2) is 67.0 Å². The van der Waals surface area contributed by atoms with E-state index in [0.717, 1.165) is 0 Å². The van der Waals surface area contributed by atoms with E-state index in [1.165, 1.54) is 24.3 Å². The summed E-state index contributed by atoms with van der Waals surface area (Å²) in [5, 5.41) is 26.1. The van der Waals surface area contributed by atoms with Gasteiger partial charge in [0.15, 0.2) is 9.84 Å². The van der Waals surface area contributed by atoms with Gasteiger partial charge in [-0.1, -0.05) is 12.1 Å². The molecule has 1 fully saturated rings. The van der Waals surface area contributed by atoms with Crippen LogP contribution in [0.1, 0.15) is 5.56 Å². The van der Waals surface area contributed by atoms with Gasteiger partial charge in [0, 0.05) is 25.2 Å². The van der Waals surface area contributed by atoms with Crippen molar-refractivity contribution in [2.24, 2.45) is 5.73 Å². The molecule has 7 nitrogen and oxygen atoms in total. The summed E-state index contributed by atoms with van der Waals surface area (Å²) in [5.74, 6) is -0.203. The monoisotopic (exact) mass is 313 g/mol. The van der Waals surface area contributed by atoms with E-state index in [2.05, 4.69) is 0 Å². The Hall–Kier alpha value is -1.48. The Labute approximate surface area is 123 Å². The number of nitrogens with one attached hydrogen (secondary N) is 1. The fourth-order valence-corrected chi connectivity index (χ4v) is 3.52. The molecular weight excluding hydrogens is 294 g/mol. The zero-order valence-corrected chi connectivity index (χ0v) is 12.3. The van der Waals surface area contributed by atoms with Crippen LogP contribution in [0.3, 0.4) is 0 Å². The average molecular weight is 313 g/mol. The Kier molecular flexibility index (Phi) is 4.62. The predicted octanol–water partition coefficient (Wildman–Crippen LogP) is -1.22. The number of sulfone groups is 1. The van der Waals surface area contributed by atoms with Gasteiger partial charge in [0.25, 0.3) is 0 Å². The smallest absolute Gasteiger partial charge is 0.179 e. The van der Waals surface area contributed by atoms with Gasteiger partial charge in [-0.05, 0) is 12.1 Å². The summed E-state index contributed by atoms with van der Waals surface area (Å²) < 4.78 is 24.4. The molecule has 21 heavy (non-hydrogen) atoms. The molecule has 1 aliphatic rings. The maximum absolute atomic E-state index is 12.2. The number of likely N-dealkylation sites (tertiary alicyclic amines) is 1. The molecule has 0 amide bonds. The molecule has 2 atom stereocenters. The molecule has 5 N–H and O–H groups in total. The Morgan fingerprint density at radius 2 is 1.76 bits per heavy atom. The number of amidine groups is 1. The summed E-state index contributed by atoms with van der Waals surface area (Å²) in [6.45, 7) is 0.810. The molecule has 0 radical (unpaired) electrons. The minimum absolute atomic E-state index is 0.0914. The SMILES string of the molecule is N=C(N)c1ccc(S(=O)(=O)CCN2CC(O)C(O)C2)cc1. The lowest BCUT2D eigenvalue weighted by Gasteiger charge is -2.14. The van der Waals surface area contributed by atoms with Crippen LogP contribution in [-0.2, 0) is 9.84 Å². The molecule has 0 saturated carbocycles. The minimum atomic E-state index is -3.44. The fraction of sp³-hybridized carbons (Fsp3) is 0.462. The molecule has 2 rings (SSSR count). The topological polar surface area (TPSA) is 128 Å². The highest BCUT2D eigenvalue weighted by molar-refractivity contribution is 7.91. The first kappa shape index (κ1) is 15.9. The third-order valence-electron chi connectivity index (χ3n) is 3.54. The van der Waals surface area contributed by atoms with Gasteiger partial charge >= 0.3 is 0 Å². The number of hydrogen-bond acceptors (Lipinski definition) is 6. The van der Waals surface area contributed by atoms with E-state index in [-0.39, 0.29) is 36.1 Å². The number of nitrogens with two attached hydrogens (primary N) is 1. The number of nitrogen functional groups attached to an aromatic ring is 1. The van der Waals surface area contributed by atoms with Crippen molar-refractivity contribution in [2.75, 3.05) is 25.4 Å². The fourth-order valence-electron chi connectivity index (χ4n) is 2.24. The number of benzene rings is 1. The highest BCUT2D eigenvalue weighted by Crippen LogP contribution is 2.15. The lowest BCUT2D eigenvalue weighted by Crippen LogP contribution is -2.28. The number of aliphatic hydroxyl groups excluding tert-OH is 2. The third kappa shape index (κ3) is 3.79. The molecule has 116 valence electrons. The zero-order valence-electron chi connectivity index (χ0n) is 11.4. The van der Waals surface area contributed by atoms with E-state index in [4.69, 9.17) is 11.1 Å². The number of nitrogens with zero attached hydrogens (tertiary/aromatic N) is 1. The van der Waals surface area contributed by atoms with Gasteiger partial charge in [-0.3, -0.25) is 10.3 Å². The first-order valence-corrected chi connectivity index (χ1v) is 8.20. The van der Waals surface area contributed by atoms with E-state index in [0.29, 0.717) is 5.56 Å². The number of hydrogen-bond donors (Lipinski definition) is 4. The van der Waals surface area contributed by atoms with E-state index in [9.17, 15) is 18.6 Å². The van der Waals surface area contributed by atoms with E-state index >= 15 is 0 Å². The molecule has 0 spiro atoms. The van der Waals surface area contributed by atoms with Crippen LogP contribution < -0.4 is 5.73 Å². The van der Waals surface area contributed by atoms with Crippen molar-refractivity contribution in [2.45, 2.75) is 17.1 Å². The van der Waals surface area contributed by atoms with Crippen molar-refractivity contribution >= 4 is 15.7 Å². The quantitative estimate of drug-likeness (QED) is 0.398. The maximum atomic E-state index is 12.2. The predicted molar refractivity (Wildman–Crippen MR) is 78.0 cm³/mol. The van der Waals surface area contributed by atoms with E-state index in [1.54, 1.807) is 4.90 Å². The lowest BCUT2D eigenvalue weighted by molar-refractivity contribution is 0.0572. The summed E-state index contributed by atoms with van der Waals surface area (Å²) in [5.41, 5.74) is 5.79. The third-order valence-corrected chi connectivity index (χ3v) is 5.25. The highest BCUT2D eigenvalue weighted by atomic mass is 32.2. The standard InChI is InChI=1S/C13H19N3O4S/c14-13(15)9-1-3-10(4-2-9)21(19,20)6-5-16-7-11(17)12(18)8-16/h1-4,11-12,17-18H,5-8H2,(H3,14,15). The maximum Gasteiger partial charge on any atom is 0.179 e. The first-order valence-electron chi connectivity index (χ1n) is 6.55. The normalized spacial score (nSPS) is 23.3. The highest BCUT2D eigenvalue weighted by Gasteiger charge is 2.30. The zero-order chi connectivity index (χ0) is 15.6. The molecule has 2 unspecified atom stereocenters. The molecule has 1 heterocycles. The Bertz CT molecular complexity index is 605. The molecule has 1 aromatic rings. The minimum Gasteiger partial charge on any atom is -0.389 e. The molecule has 0 aromatic heterocycles. The lowest BCUT2D eigenvalue weighted by atomic mass is 10.2. The van der Waals surface area contributed by atoms with E-state index in [1.807, 2.05) is 0 Å². The summed E-state index contributed by atoms with van der Waals surface area (Å²) in [6.07, 6.45) is -1.63. The van der Waals surface area contributed by atoms with Crippen molar-refractivity contribution < 1.29 is 18.6 Å². The number of β-amino-alcohol motifs (C(OH)–C–C–N with tert-alkyl or cyclic N) is 2. The Morgan fingerprint density at radius 3 is 2.24 bits per heavy atom. The van der Waals surface area contributed by atoms with Crippen molar-refractivity contribution in [3.8, 4) is 0 Å². The van der Waals surface area contributed by atoms with Crippen LogP contribution in [0.4, 0.5) is 0 Å². The average Bonchev–Trinajstić information content (AvgIpc) is 2.76. The second kappa shape index (κ2) is 6.10. The molecule has 1 saturated heterocycles. The largest absolute Gasteiger partial charge is 0.389 e. The molecule has 8 heteroatoms. The van der Waals surface area contributed by atoms with Crippen LogP contribution in [0.25, 0.3) is 0 Å². The molecular formula is C13H19N3O4S. The second-order valence-electron chi connectivity index (χ2n) is 5.15. The van der Waals surface area contributed by atoms with Crippen LogP contribution in [0, 0.1) is 5.41 Å². The van der Waals surface area contributed by atoms with Gasteiger partial charge in [-0.15, -0.1) is 0 Å². The van der Waals surface area contributed by atoms with Crippen molar-refractivity contribution in [1.29, 1.82) is 5.41 Å². The molecule has 0 aliphatic carbocycles.